The van der Waals surface area contributed by atoms with E-state index >= 15 is 0 Å². The minimum Gasteiger partial charge on any atom is -0.495 e. The van der Waals surface area contributed by atoms with Gasteiger partial charge in [-0.25, -0.2) is 0 Å². The summed E-state index contributed by atoms with van der Waals surface area (Å²) in [5.74, 6) is 0.759. The summed E-state index contributed by atoms with van der Waals surface area (Å²) in [4.78, 5) is 4.11. The van der Waals surface area contributed by atoms with Gasteiger partial charge >= 0.3 is 0 Å². The van der Waals surface area contributed by atoms with Crippen molar-refractivity contribution >= 4 is 0 Å². The zero-order valence-corrected chi connectivity index (χ0v) is 8.53. The summed E-state index contributed by atoms with van der Waals surface area (Å²) >= 11 is 0. The van der Waals surface area contributed by atoms with E-state index < -0.39 is 0 Å². The molecule has 2 rings (SSSR count). The largest absolute Gasteiger partial charge is 0.495 e. The topological polar surface area (TPSA) is 42.4 Å². The molecule has 14 heavy (non-hydrogen) atoms. The average molecular weight is 193 g/mol. The number of aliphatic hydroxyl groups excluding tert-OH is 1. The SMILES string of the molecule is COc1cncc(C2(C(C)O)CC2)c1. The molecule has 0 radical (unpaired) electrons. The van der Waals surface area contributed by atoms with E-state index in [1.807, 2.05) is 19.2 Å². The molecule has 1 atom stereocenters. The van der Waals surface area contributed by atoms with Crippen LogP contribution in [0.5, 0.6) is 5.75 Å². The lowest BCUT2D eigenvalue weighted by Crippen LogP contribution is -2.22. The molecule has 1 heterocycles. The monoisotopic (exact) mass is 193 g/mol. The maximum Gasteiger partial charge on any atom is 0.137 e. The van der Waals surface area contributed by atoms with E-state index in [0.717, 1.165) is 24.2 Å². The van der Waals surface area contributed by atoms with Crippen LogP contribution < -0.4 is 4.74 Å². The molecule has 0 aliphatic heterocycles. The number of rotatable bonds is 3. The molecule has 0 amide bonds. The first kappa shape index (κ1) is 9.46. The molecule has 1 aliphatic carbocycles. The molecule has 0 saturated heterocycles. The molecular formula is C11H15NO2. The maximum absolute atomic E-state index is 9.69. The quantitative estimate of drug-likeness (QED) is 0.791. The third-order valence-corrected chi connectivity index (χ3v) is 3.11. The molecule has 3 heteroatoms. The predicted octanol–water partition coefficient (Wildman–Crippen LogP) is 1.50. The van der Waals surface area contributed by atoms with Crippen molar-refractivity contribution in [2.24, 2.45) is 0 Å². The zero-order valence-electron chi connectivity index (χ0n) is 8.53. The fourth-order valence-corrected chi connectivity index (χ4v) is 1.89. The van der Waals surface area contributed by atoms with Crippen LogP contribution in [-0.4, -0.2) is 23.3 Å². The van der Waals surface area contributed by atoms with Crippen molar-refractivity contribution in [3.05, 3.63) is 24.0 Å². The van der Waals surface area contributed by atoms with Crippen molar-refractivity contribution in [1.29, 1.82) is 0 Å². The van der Waals surface area contributed by atoms with Gasteiger partial charge in [-0.2, -0.15) is 0 Å². The highest BCUT2D eigenvalue weighted by Crippen LogP contribution is 2.51. The fraction of sp³-hybridized carbons (Fsp3) is 0.545. The van der Waals surface area contributed by atoms with Crippen molar-refractivity contribution in [2.75, 3.05) is 7.11 Å². The van der Waals surface area contributed by atoms with Gasteiger partial charge in [-0.05, 0) is 31.4 Å². The lowest BCUT2D eigenvalue weighted by Gasteiger charge is -2.18. The van der Waals surface area contributed by atoms with Crippen LogP contribution in [0.1, 0.15) is 25.3 Å². The van der Waals surface area contributed by atoms with Gasteiger partial charge in [-0.15, -0.1) is 0 Å². The average Bonchev–Trinajstić information content (AvgIpc) is 2.98. The summed E-state index contributed by atoms with van der Waals surface area (Å²) in [7, 11) is 1.63. The normalized spacial score (nSPS) is 20.2. The first-order valence-corrected chi connectivity index (χ1v) is 4.86. The van der Waals surface area contributed by atoms with Crippen molar-refractivity contribution in [2.45, 2.75) is 31.3 Å². The van der Waals surface area contributed by atoms with Crippen LogP contribution in [0.15, 0.2) is 18.5 Å². The van der Waals surface area contributed by atoms with Crippen LogP contribution in [0.25, 0.3) is 0 Å². The molecule has 1 aromatic heterocycles. The molecule has 1 saturated carbocycles. The van der Waals surface area contributed by atoms with E-state index in [9.17, 15) is 5.11 Å². The molecule has 0 bridgehead atoms. The van der Waals surface area contributed by atoms with Gasteiger partial charge in [0.05, 0.1) is 19.4 Å². The zero-order chi connectivity index (χ0) is 10.2. The lowest BCUT2D eigenvalue weighted by atomic mass is 9.92. The van der Waals surface area contributed by atoms with Crippen molar-refractivity contribution in [1.82, 2.24) is 4.98 Å². The molecule has 1 aromatic rings. The van der Waals surface area contributed by atoms with Crippen LogP contribution in [0.3, 0.4) is 0 Å². The Labute approximate surface area is 83.7 Å². The number of aromatic nitrogens is 1. The van der Waals surface area contributed by atoms with E-state index in [1.54, 1.807) is 13.3 Å². The Morgan fingerprint density at radius 1 is 1.50 bits per heavy atom. The number of methoxy groups -OCH3 is 1. The summed E-state index contributed by atoms with van der Waals surface area (Å²) in [5, 5.41) is 9.69. The van der Waals surface area contributed by atoms with Crippen LogP contribution in [-0.2, 0) is 5.41 Å². The third kappa shape index (κ3) is 1.38. The van der Waals surface area contributed by atoms with Gasteiger partial charge in [0.1, 0.15) is 5.75 Å². The van der Waals surface area contributed by atoms with Gasteiger partial charge in [-0.1, -0.05) is 0 Å². The van der Waals surface area contributed by atoms with Gasteiger partial charge in [0.15, 0.2) is 0 Å². The van der Waals surface area contributed by atoms with Crippen molar-refractivity contribution in [3.63, 3.8) is 0 Å². The Hall–Kier alpha value is -1.09. The predicted molar refractivity (Wildman–Crippen MR) is 53.4 cm³/mol. The molecular weight excluding hydrogens is 178 g/mol. The minimum absolute atomic E-state index is 0.0540. The molecule has 76 valence electrons. The standard InChI is InChI=1S/C11H15NO2/c1-8(13)11(3-4-11)9-5-10(14-2)7-12-6-9/h5-8,13H,3-4H2,1-2H3. The van der Waals surface area contributed by atoms with Crippen molar-refractivity contribution < 1.29 is 9.84 Å². The van der Waals surface area contributed by atoms with Gasteiger partial charge in [0.2, 0.25) is 0 Å². The molecule has 0 spiro atoms. The summed E-state index contributed by atoms with van der Waals surface area (Å²) in [6, 6.07) is 1.96. The number of hydrogen-bond acceptors (Lipinski definition) is 3. The highest BCUT2D eigenvalue weighted by atomic mass is 16.5. The Morgan fingerprint density at radius 3 is 2.71 bits per heavy atom. The van der Waals surface area contributed by atoms with E-state index in [-0.39, 0.29) is 11.5 Å². The molecule has 0 aromatic carbocycles. The Bertz CT molecular complexity index is 332. The minimum atomic E-state index is -0.309. The second kappa shape index (κ2) is 3.24. The number of ether oxygens (including phenoxy) is 1. The fourth-order valence-electron chi connectivity index (χ4n) is 1.89. The number of hydrogen-bond donors (Lipinski definition) is 1. The van der Waals surface area contributed by atoms with Crippen LogP contribution in [0, 0.1) is 0 Å². The van der Waals surface area contributed by atoms with E-state index in [0.29, 0.717) is 0 Å². The summed E-state index contributed by atoms with van der Waals surface area (Å²) in [5.41, 5.74) is 1.04. The maximum atomic E-state index is 9.69. The lowest BCUT2D eigenvalue weighted by molar-refractivity contribution is 0.150. The van der Waals surface area contributed by atoms with Crippen molar-refractivity contribution in [3.8, 4) is 5.75 Å². The third-order valence-electron chi connectivity index (χ3n) is 3.11. The van der Waals surface area contributed by atoms with Crippen LogP contribution >= 0.6 is 0 Å². The van der Waals surface area contributed by atoms with Crippen LogP contribution in [0.2, 0.25) is 0 Å². The second-order valence-corrected chi connectivity index (χ2v) is 3.95. The van der Waals surface area contributed by atoms with E-state index in [4.69, 9.17) is 4.74 Å². The van der Waals surface area contributed by atoms with E-state index in [1.165, 1.54) is 0 Å². The highest BCUT2D eigenvalue weighted by molar-refractivity contribution is 5.35. The molecule has 1 fully saturated rings. The smallest absolute Gasteiger partial charge is 0.137 e. The summed E-state index contributed by atoms with van der Waals surface area (Å²) in [6.07, 6.45) is 5.28. The first-order valence-electron chi connectivity index (χ1n) is 4.86. The van der Waals surface area contributed by atoms with Crippen LogP contribution in [0.4, 0.5) is 0 Å². The number of nitrogens with zero attached hydrogens (tertiary/aromatic N) is 1. The summed E-state index contributed by atoms with van der Waals surface area (Å²) in [6.45, 7) is 1.84. The molecule has 3 nitrogen and oxygen atoms in total. The number of pyridine rings is 1. The second-order valence-electron chi connectivity index (χ2n) is 3.95. The first-order chi connectivity index (χ1) is 6.69. The van der Waals surface area contributed by atoms with Gasteiger partial charge in [-0.3, -0.25) is 4.98 Å². The summed E-state index contributed by atoms with van der Waals surface area (Å²) < 4.78 is 5.11. The Morgan fingerprint density at radius 2 is 2.21 bits per heavy atom. The Balaban J connectivity index is 2.32. The molecule has 1 unspecified atom stereocenters. The van der Waals surface area contributed by atoms with Gasteiger partial charge in [0.25, 0.3) is 0 Å². The highest BCUT2D eigenvalue weighted by Gasteiger charge is 2.48. The number of aliphatic hydroxyl groups is 1. The van der Waals surface area contributed by atoms with Gasteiger partial charge in [0, 0.05) is 11.6 Å². The molecule has 1 N–H and O–H groups in total. The van der Waals surface area contributed by atoms with Gasteiger partial charge < -0.3 is 9.84 Å². The van der Waals surface area contributed by atoms with E-state index in [2.05, 4.69) is 4.98 Å². The Kier molecular flexibility index (Phi) is 2.19. The molecule has 1 aliphatic rings.